The first kappa shape index (κ1) is 18.1. The van der Waals surface area contributed by atoms with Crippen LogP contribution in [-0.4, -0.2) is 16.1 Å². The topological polar surface area (TPSA) is 29.9 Å². The third-order valence-corrected chi connectivity index (χ3v) is 5.15. The lowest BCUT2D eigenvalue weighted by Gasteiger charge is -2.22. The molecule has 0 fully saturated rings. The van der Waals surface area contributed by atoms with Gasteiger partial charge in [0.05, 0.1) is 6.33 Å². The van der Waals surface area contributed by atoms with Crippen LogP contribution in [0.5, 0.6) is 0 Å². The largest absolute Gasteiger partial charge is 0.384 e. The first-order chi connectivity index (χ1) is 13.8. The van der Waals surface area contributed by atoms with Crippen LogP contribution in [0.4, 0.5) is 5.69 Å². The molecule has 28 heavy (non-hydrogen) atoms. The second-order valence-corrected chi connectivity index (χ2v) is 7.01. The van der Waals surface area contributed by atoms with E-state index in [9.17, 15) is 0 Å². The van der Waals surface area contributed by atoms with Crippen LogP contribution in [-0.2, 0) is 13.5 Å². The van der Waals surface area contributed by atoms with E-state index < -0.39 is 0 Å². The molecular weight excluding hydrogens is 342 g/mol. The molecule has 0 saturated heterocycles. The van der Waals surface area contributed by atoms with E-state index in [-0.39, 0.29) is 5.92 Å². The summed E-state index contributed by atoms with van der Waals surface area (Å²) in [7, 11) is 2.04. The van der Waals surface area contributed by atoms with Gasteiger partial charge in [0, 0.05) is 43.5 Å². The Hall–Kier alpha value is -3.33. The molecule has 1 aromatic heterocycles. The molecule has 0 aliphatic rings. The number of para-hydroxylation sites is 1. The van der Waals surface area contributed by atoms with Gasteiger partial charge in [-0.2, -0.15) is 0 Å². The highest BCUT2D eigenvalue weighted by Crippen LogP contribution is 2.35. The van der Waals surface area contributed by atoms with Crippen molar-refractivity contribution in [2.24, 2.45) is 7.05 Å². The number of hydrogen-bond acceptors (Lipinski definition) is 2. The number of aryl methyl sites for hydroxylation is 1. The van der Waals surface area contributed by atoms with Crippen molar-refractivity contribution < 1.29 is 0 Å². The summed E-state index contributed by atoms with van der Waals surface area (Å²) in [4.78, 5) is 4.21. The summed E-state index contributed by atoms with van der Waals surface area (Å²) in [6.45, 7) is 0.868. The van der Waals surface area contributed by atoms with E-state index in [2.05, 4.69) is 99.8 Å². The molecule has 1 heterocycles. The van der Waals surface area contributed by atoms with Gasteiger partial charge in [-0.05, 0) is 22.8 Å². The van der Waals surface area contributed by atoms with Gasteiger partial charge < -0.3 is 9.88 Å². The first-order valence-corrected chi connectivity index (χ1v) is 9.71. The molecule has 0 bridgehead atoms. The maximum Gasteiger partial charge on any atom is 0.0945 e. The Morgan fingerprint density at radius 2 is 1.43 bits per heavy atom. The Kier molecular flexibility index (Phi) is 5.53. The Labute approximate surface area is 166 Å². The molecule has 3 nitrogen and oxygen atoms in total. The zero-order valence-corrected chi connectivity index (χ0v) is 16.1. The third kappa shape index (κ3) is 3.99. The van der Waals surface area contributed by atoms with Crippen molar-refractivity contribution in [3.63, 3.8) is 0 Å². The SMILES string of the molecule is Cn1cncc1CCNc1ccccc1C(c1ccccc1)c1ccccc1. The Morgan fingerprint density at radius 1 is 0.821 bits per heavy atom. The molecule has 1 N–H and O–H groups in total. The molecule has 0 aliphatic heterocycles. The van der Waals surface area contributed by atoms with Gasteiger partial charge in [0.15, 0.2) is 0 Å². The Bertz CT molecular complexity index is 967. The lowest BCUT2D eigenvalue weighted by atomic mass is 9.84. The normalized spacial score (nSPS) is 10.9. The molecule has 0 radical (unpaired) electrons. The van der Waals surface area contributed by atoms with E-state index in [0.717, 1.165) is 13.0 Å². The van der Waals surface area contributed by atoms with Crippen molar-refractivity contribution in [3.8, 4) is 0 Å². The van der Waals surface area contributed by atoms with Gasteiger partial charge in [0.1, 0.15) is 0 Å². The fourth-order valence-electron chi connectivity index (χ4n) is 3.70. The van der Waals surface area contributed by atoms with Crippen molar-refractivity contribution in [2.45, 2.75) is 12.3 Å². The second kappa shape index (κ2) is 8.57. The summed E-state index contributed by atoms with van der Waals surface area (Å²) in [6, 6.07) is 30.1. The first-order valence-electron chi connectivity index (χ1n) is 9.71. The number of aromatic nitrogens is 2. The molecule has 0 aliphatic carbocycles. The zero-order chi connectivity index (χ0) is 19.2. The molecular formula is C25H25N3. The van der Waals surface area contributed by atoms with Crippen molar-refractivity contribution in [2.75, 3.05) is 11.9 Å². The van der Waals surface area contributed by atoms with Crippen LogP contribution in [0.25, 0.3) is 0 Å². The average Bonchev–Trinajstić information content (AvgIpc) is 3.16. The fourth-order valence-corrected chi connectivity index (χ4v) is 3.70. The Balaban J connectivity index is 1.65. The highest BCUT2D eigenvalue weighted by atomic mass is 15.0. The van der Waals surface area contributed by atoms with Crippen LogP contribution in [0.2, 0.25) is 0 Å². The summed E-state index contributed by atoms with van der Waals surface area (Å²) in [5.41, 5.74) is 6.31. The number of anilines is 1. The number of nitrogens with one attached hydrogen (secondary N) is 1. The van der Waals surface area contributed by atoms with Crippen molar-refractivity contribution in [1.82, 2.24) is 9.55 Å². The number of rotatable bonds is 7. The highest BCUT2D eigenvalue weighted by Gasteiger charge is 2.19. The fraction of sp³-hybridized carbons (Fsp3) is 0.160. The summed E-state index contributed by atoms with van der Waals surface area (Å²) >= 11 is 0. The maximum absolute atomic E-state index is 4.21. The minimum absolute atomic E-state index is 0.197. The summed E-state index contributed by atoms with van der Waals surface area (Å²) < 4.78 is 2.07. The van der Waals surface area contributed by atoms with Gasteiger partial charge in [-0.15, -0.1) is 0 Å². The predicted octanol–water partition coefficient (Wildman–Crippen LogP) is 5.25. The third-order valence-electron chi connectivity index (χ3n) is 5.15. The summed E-state index contributed by atoms with van der Waals surface area (Å²) in [5.74, 6) is 0.197. The molecule has 3 heteroatoms. The van der Waals surface area contributed by atoms with E-state index in [1.807, 2.05) is 19.6 Å². The highest BCUT2D eigenvalue weighted by molar-refractivity contribution is 5.58. The van der Waals surface area contributed by atoms with Gasteiger partial charge in [-0.3, -0.25) is 0 Å². The molecule has 0 amide bonds. The molecule has 0 saturated carbocycles. The number of hydrogen-bond donors (Lipinski definition) is 1. The molecule has 4 rings (SSSR count). The van der Waals surface area contributed by atoms with Gasteiger partial charge >= 0.3 is 0 Å². The van der Waals surface area contributed by atoms with Crippen LogP contribution in [0, 0.1) is 0 Å². The second-order valence-electron chi connectivity index (χ2n) is 7.01. The van der Waals surface area contributed by atoms with E-state index >= 15 is 0 Å². The van der Waals surface area contributed by atoms with Crippen LogP contribution in [0.1, 0.15) is 28.3 Å². The van der Waals surface area contributed by atoms with Gasteiger partial charge in [-0.1, -0.05) is 78.9 Å². The number of imidazole rings is 1. The van der Waals surface area contributed by atoms with Crippen LogP contribution >= 0.6 is 0 Å². The molecule has 4 aromatic rings. The van der Waals surface area contributed by atoms with Crippen LogP contribution < -0.4 is 5.32 Å². The van der Waals surface area contributed by atoms with Crippen molar-refractivity contribution in [3.05, 3.63) is 120 Å². The van der Waals surface area contributed by atoms with Gasteiger partial charge in [0.25, 0.3) is 0 Å². The zero-order valence-electron chi connectivity index (χ0n) is 16.1. The van der Waals surface area contributed by atoms with E-state index in [1.165, 1.54) is 28.1 Å². The standard InChI is InChI=1S/C25H25N3/c1-28-19-26-18-22(28)16-17-27-24-15-9-8-14-23(24)25(20-10-4-2-5-11-20)21-12-6-3-7-13-21/h2-15,18-19,25,27H,16-17H2,1H3. The smallest absolute Gasteiger partial charge is 0.0945 e. The molecule has 0 spiro atoms. The summed E-state index contributed by atoms with van der Waals surface area (Å²) in [5, 5.41) is 3.66. The number of benzene rings is 3. The molecule has 0 atom stereocenters. The molecule has 0 unspecified atom stereocenters. The van der Waals surface area contributed by atoms with E-state index in [1.54, 1.807) is 0 Å². The monoisotopic (exact) mass is 367 g/mol. The number of nitrogens with zero attached hydrogens (tertiary/aromatic N) is 2. The van der Waals surface area contributed by atoms with Gasteiger partial charge in [-0.25, -0.2) is 4.98 Å². The lowest BCUT2D eigenvalue weighted by molar-refractivity contribution is 0.815. The van der Waals surface area contributed by atoms with E-state index in [0.29, 0.717) is 0 Å². The van der Waals surface area contributed by atoms with Crippen LogP contribution in [0.15, 0.2) is 97.5 Å². The summed E-state index contributed by atoms with van der Waals surface area (Å²) in [6.07, 6.45) is 4.72. The Morgan fingerprint density at radius 3 is 2.04 bits per heavy atom. The lowest BCUT2D eigenvalue weighted by Crippen LogP contribution is -2.11. The minimum atomic E-state index is 0.197. The quantitative estimate of drug-likeness (QED) is 0.452. The molecule has 3 aromatic carbocycles. The average molecular weight is 367 g/mol. The van der Waals surface area contributed by atoms with Crippen LogP contribution in [0.3, 0.4) is 0 Å². The van der Waals surface area contributed by atoms with E-state index in [4.69, 9.17) is 0 Å². The van der Waals surface area contributed by atoms with Gasteiger partial charge in [0.2, 0.25) is 0 Å². The maximum atomic E-state index is 4.21. The molecule has 140 valence electrons. The minimum Gasteiger partial charge on any atom is -0.384 e. The van der Waals surface area contributed by atoms with Crippen molar-refractivity contribution in [1.29, 1.82) is 0 Å². The van der Waals surface area contributed by atoms with Crippen molar-refractivity contribution >= 4 is 5.69 Å². The predicted molar refractivity (Wildman–Crippen MR) is 116 cm³/mol.